The molecule has 0 saturated carbocycles. The molecule has 0 amide bonds. The molecule has 0 bridgehead atoms. The Bertz CT molecular complexity index is 543. The van der Waals surface area contributed by atoms with Gasteiger partial charge in [-0.15, -0.1) is 11.3 Å². The van der Waals surface area contributed by atoms with Gasteiger partial charge in [-0.2, -0.15) is 0 Å². The number of nitrogens with one attached hydrogen (secondary N) is 1. The van der Waals surface area contributed by atoms with Gasteiger partial charge >= 0.3 is 0 Å². The number of thiazole rings is 1. The third-order valence-electron chi connectivity index (χ3n) is 3.00. The van der Waals surface area contributed by atoms with E-state index in [4.69, 9.17) is 9.47 Å². The molecule has 114 valence electrons. The van der Waals surface area contributed by atoms with Crippen LogP contribution in [0, 0.1) is 0 Å². The average Bonchev–Trinajstić information content (AvgIpc) is 2.98. The molecule has 1 aromatic carbocycles. The van der Waals surface area contributed by atoms with Crippen LogP contribution < -0.4 is 5.32 Å². The Balaban J connectivity index is 1.82. The van der Waals surface area contributed by atoms with Gasteiger partial charge < -0.3 is 14.8 Å². The van der Waals surface area contributed by atoms with Gasteiger partial charge in [0.1, 0.15) is 0 Å². The maximum Gasteiger partial charge on any atom is 0.0925 e. The van der Waals surface area contributed by atoms with Crippen LogP contribution in [0.2, 0.25) is 0 Å². The van der Waals surface area contributed by atoms with Gasteiger partial charge in [0.15, 0.2) is 0 Å². The molecule has 5 heteroatoms. The summed E-state index contributed by atoms with van der Waals surface area (Å²) < 4.78 is 10.5. The SMILES string of the molecule is CCc1ncc(CNc2cccc(COCCOC)c2)s1. The average molecular weight is 306 g/mol. The summed E-state index contributed by atoms with van der Waals surface area (Å²) >= 11 is 1.76. The van der Waals surface area contributed by atoms with E-state index in [0.717, 1.165) is 24.2 Å². The van der Waals surface area contributed by atoms with E-state index in [-0.39, 0.29) is 0 Å². The normalized spacial score (nSPS) is 10.8. The van der Waals surface area contributed by atoms with E-state index in [1.54, 1.807) is 18.4 Å². The minimum Gasteiger partial charge on any atom is -0.382 e. The van der Waals surface area contributed by atoms with Gasteiger partial charge in [0.05, 0.1) is 31.4 Å². The van der Waals surface area contributed by atoms with Crippen molar-refractivity contribution in [3.63, 3.8) is 0 Å². The number of ether oxygens (including phenoxy) is 2. The van der Waals surface area contributed by atoms with Crippen molar-refractivity contribution in [3.05, 3.63) is 45.9 Å². The quantitative estimate of drug-likeness (QED) is 0.720. The molecule has 1 aromatic heterocycles. The number of aryl methyl sites for hydroxylation is 1. The van der Waals surface area contributed by atoms with Gasteiger partial charge in [0, 0.05) is 23.9 Å². The van der Waals surface area contributed by atoms with Crippen LogP contribution >= 0.6 is 11.3 Å². The molecular weight excluding hydrogens is 284 g/mol. The monoisotopic (exact) mass is 306 g/mol. The molecule has 0 radical (unpaired) electrons. The van der Waals surface area contributed by atoms with Crippen LogP contribution in [0.3, 0.4) is 0 Å². The number of hydrogen-bond donors (Lipinski definition) is 1. The first-order chi connectivity index (χ1) is 10.3. The second-order valence-corrected chi connectivity index (χ2v) is 5.87. The molecule has 0 aliphatic heterocycles. The Kier molecular flexibility index (Phi) is 6.66. The fourth-order valence-corrected chi connectivity index (χ4v) is 2.69. The second kappa shape index (κ2) is 8.77. The molecule has 1 heterocycles. The molecule has 0 unspecified atom stereocenters. The number of rotatable bonds is 9. The molecule has 0 aliphatic carbocycles. The molecule has 2 rings (SSSR count). The van der Waals surface area contributed by atoms with Crippen LogP contribution in [0.5, 0.6) is 0 Å². The highest BCUT2D eigenvalue weighted by Gasteiger charge is 2.01. The summed E-state index contributed by atoms with van der Waals surface area (Å²) in [5, 5.41) is 4.62. The number of methoxy groups -OCH3 is 1. The zero-order chi connectivity index (χ0) is 14.9. The fourth-order valence-electron chi connectivity index (χ4n) is 1.89. The Morgan fingerprint density at radius 2 is 2.19 bits per heavy atom. The highest BCUT2D eigenvalue weighted by Crippen LogP contribution is 2.17. The van der Waals surface area contributed by atoms with Crippen LogP contribution in [0.15, 0.2) is 30.5 Å². The molecular formula is C16H22N2O2S. The first kappa shape index (κ1) is 15.9. The predicted molar refractivity (Wildman–Crippen MR) is 86.8 cm³/mol. The largest absolute Gasteiger partial charge is 0.382 e. The molecule has 21 heavy (non-hydrogen) atoms. The molecule has 0 aliphatic rings. The molecule has 2 aromatic rings. The van der Waals surface area contributed by atoms with E-state index in [1.807, 2.05) is 12.3 Å². The van der Waals surface area contributed by atoms with Gasteiger partial charge in [-0.25, -0.2) is 4.98 Å². The van der Waals surface area contributed by atoms with E-state index >= 15 is 0 Å². The second-order valence-electron chi connectivity index (χ2n) is 4.67. The molecule has 0 spiro atoms. The number of nitrogens with zero attached hydrogens (tertiary/aromatic N) is 1. The molecule has 1 N–H and O–H groups in total. The van der Waals surface area contributed by atoms with Crippen molar-refractivity contribution in [3.8, 4) is 0 Å². The third kappa shape index (κ3) is 5.46. The number of benzene rings is 1. The van der Waals surface area contributed by atoms with Crippen LogP contribution in [0.1, 0.15) is 22.4 Å². The lowest BCUT2D eigenvalue weighted by molar-refractivity contribution is 0.0617. The molecule has 0 saturated heterocycles. The van der Waals surface area contributed by atoms with Crippen molar-refractivity contribution in [1.29, 1.82) is 0 Å². The van der Waals surface area contributed by atoms with Crippen molar-refractivity contribution in [2.45, 2.75) is 26.5 Å². The lowest BCUT2D eigenvalue weighted by Crippen LogP contribution is -2.02. The summed E-state index contributed by atoms with van der Waals surface area (Å²) in [6, 6.07) is 8.30. The van der Waals surface area contributed by atoms with E-state index in [0.29, 0.717) is 19.8 Å². The summed E-state index contributed by atoms with van der Waals surface area (Å²) in [4.78, 5) is 5.63. The Hall–Kier alpha value is -1.43. The van der Waals surface area contributed by atoms with Crippen molar-refractivity contribution in [2.24, 2.45) is 0 Å². The van der Waals surface area contributed by atoms with Gasteiger partial charge in [-0.3, -0.25) is 0 Å². The molecule has 0 fully saturated rings. The van der Waals surface area contributed by atoms with E-state index < -0.39 is 0 Å². The summed E-state index contributed by atoms with van der Waals surface area (Å²) in [6.45, 7) is 4.80. The number of aromatic nitrogens is 1. The Labute approximate surface area is 130 Å². The smallest absolute Gasteiger partial charge is 0.0925 e. The Morgan fingerprint density at radius 1 is 1.29 bits per heavy atom. The topological polar surface area (TPSA) is 43.4 Å². The van der Waals surface area contributed by atoms with E-state index in [2.05, 4.69) is 35.4 Å². The highest BCUT2D eigenvalue weighted by atomic mass is 32.1. The fraction of sp³-hybridized carbons (Fsp3) is 0.438. The lowest BCUT2D eigenvalue weighted by atomic mass is 10.2. The first-order valence-corrected chi connectivity index (χ1v) is 7.96. The zero-order valence-electron chi connectivity index (χ0n) is 12.6. The summed E-state index contributed by atoms with van der Waals surface area (Å²) in [6.07, 6.45) is 2.95. The maximum absolute atomic E-state index is 5.54. The highest BCUT2D eigenvalue weighted by molar-refractivity contribution is 7.11. The van der Waals surface area contributed by atoms with E-state index in [1.165, 1.54) is 9.88 Å². The third-order valence-corrected chi connectivity index (χ3v) is 4.14. The predicted octanol–water partition coefficient (Wildman–Crippen LogP) is 3.48. The van der Waals surface area contributed by atoms with Crippen molar-refractivity contribution in [2.75, 3.05) is 25.6 Å². The molecule has 4 nitrogen and oxygen atoms in total. The number of hydrogen-bond acceptors (Lipinski definition) is 5. The van der Waals surface area contributed by atoms with Gasteiger partial charge in [0.2, 0.25) is 0 Å². The van der Waals surface area contributed by atoms with Crippen LogP contribution in [-0.2, 0) is 29.0 Å². The zero-order valence-corrected chi connectivity index (χ0v) is 13.4. The minimum absolute atomic E-state index is 0.611. The maximum atomic E-state index is 5.54. The van der Waals surface area contributed by atoms with Gasteiger partial charge in [-0.1, -0.05) is 19.1 Å². The minimum atomic E-state index is 0.611. The van der Waals surface area contributed by atoms with Crippen molar-refractivity contribution in [1.82, 2.24) is 4.98 Å². The molecule has 0 atom stereocenters. The van der Waals surface area contributed by atoms with Gasteiger partial charge in [0.25, 0.3) is 0 Å². The van der Waals surface area contributed by atoms with E-state index in [9.17, 15) is 0 Å². The summed E-state index contributed by atoms with van der Waals surface area (Å²) in [5.41, 5.74) is 2.27. The van der Waals surface area contributed by atoms with Crippen LogP contribution in [0.25, 0.3) is 0 Å². The van der Waals surface area contributed by atoms with Gasteiger partial charge in [-0.05, 0) is 24.1 Å². The van der Waals surface area contributed by atoms with Crippen molar-refractivity contribution < 1.29 is 9.47 Å². The van der Waals surface area contributed by atoms with Crippen LogP contribution in [0.4, 0.5) is 5.69 Å². The summed E-state index contributed by atoms with van der Waals surface area (Å²) in [7, 11) is 1.68. The number of anilines is 1. The lowest BCUT2D eigenvalue weighted by Gasteiger charge is -2.08. The Morgan fingerprint density at radius 3 is 2.95 bits per heavy atom. The summed E-state index contributed by atoms with van der Waals surface area (Å²) in [5.74, 6) is 0. The van der Waals surface area contributed by atoms with Crippen molar-refractivity contribution >= 4 is 17.0 Å². The first-order valence-electron chi connectivity index (χ1n) is 7.15. The standard InChI is InChI=1S/C16H22N2O2S/c1-3-16-18-11-15(21-16)10-17-14-6-4-5-13(9-14)12-20-8-7-19-2/h4-6,9,11,17H,3,7-8,10,12H2,1-2H3. The van der Waals surface area contributed by atoms with Crippen LogP contribution in [-0.4, -0.2) is 25.3 Å².